The third kappa shape index (κ3) is 2.50. The van der Waals surface area contributed by atoms with Crippen molar-refractivity contribution in [1.29, 1.82) is 0 Å². The second kappa shape index (κ2) is 5.54. The number of aryl methyl sites for hydroxylation is 1. The Bertz CT molecular complexity index is 795. The molecular weight excluding hydrogens is 277 g/mol. The van der Waals surface area contributed by atoms with Crippen molar-refractivity contribution >= 4 is 11.0 Å². The topological polar surface area (TPSA) is 21.1 Å². The largest absolute Gasteiger partial charge is 0.327 e. The number of rotatable bonds is 2. The van der Waals surface area contributed by atoms with Gasteiger partial charge in [0.25, 0.3) is 0 Å². The molecule has 3 nitrogen and oxygen atoms in total. The van der Waals surface area contributed by atoms with Gasteiger partial charge in [-0.2, -0.15) is 0 Å². The number of fused-ring (bicyclic) bond motifs is 3. The Kier molecular flexibility index (Phi) is 3.39. The summed E-state index contributed by atoms with van der Waals surface area (Å²) in [4.78, 5) is 7.11. The van der Waals surface area contributed by atoms with E-state index in [0.717, 1.165) is 49.5 Å². The van der Waals surface area contributed by atoms with Gasteiger partial charge in [-0.25, -0.2) is 9.37 Å². The molecule has 4 heteroatoms. The van der Waals surface area contributed by atoms with Crippen LogP contribution in [-0.2, 0) is 19.6 Å². The van der Waals surface area contributed by atoms with Crippen molar-refractivity contribution in [2.75, 3.05) is 6.54 Å². The van der Waals surface area contributed by atoms with Gasteiger partial charge in [-0.15, -0.1) is 0 Å². The number of hydrogen-bond donors (Lipinski definition) is 0. The summed E-state index contributed by atoms with van der Waals surface area (Å²) in [5.41, 5.74) is 3.12. The summed E-state index contributed by atoms with van der Waals surface area (Å²) >= 11 is 0. The van der Waals surface area contributed by atoms with E-state index in [1.54, 1.807) is 12.1 Å². The van der Waals surface area contributed by atoms with Gasteiger partial charge in [0, 0.05) is 19.6 Å². The lowest BCUT2D eigenvalue weighted by atomic mass is 10.2. The molecule has 2 aromatic carbocycles. The molecule has 0 fully saturated rings. The molecule has 1 aliphatic rings. The van der Waals surface area contributed by atoms with Crippen molar-refractivity contribution in [1.82, 2.24) is 14.5 Å². The zero-order valence-corrected chi connectivity index (χ0v) is 12.4. The molecule has 2 heterocycles. The fourth-order valence-electron chi connectivity index (χ4n) is 3.22. The highest BCUT2D eigenvalue weighted by molar-refractivity contribution is 5.76. The number of nitrogens with zero attached hydrogens (tertiary/aromatic N) is 3. The van der Waals surface area contributed by atoms with Crippen LogP contribution in [0.2, 0.25) is 0 Å². The second-order valence-electron chi connectivity index (χ2n) is 5.86. The Labute approximate surface area is 129 Å². The van der Waals surface area contributed by atoms with Gasteiger partial charge in [-0.3, -0.25) is 4.90 Å². The number of benzene rings is 2. The molecule has 4 rings (SSSR count). The van der Waals surface area contributed by atoms with Crippen molar-refractivity contribution in [3.05, 3.63) is 65.7 Å². The van der Waals surface area contributed by atoms with Gasteiger partial charge >= 0.3 is 0 Å². The second-order valence-corrected chi connectivity index (χ2v) is 5.86. The maximum Gasteiger partial charge on any atom is 0.125 e. The normalized spacial score (nSPS) is 15.7. The quantitative estimate of drug-likeness (QED) is 0.720. The smallest absolute Gasteiger partial charge is 0.125 e. The third-order valence-electron chi connectivity index (χ3n) is 4.26. The van der Waals surface area contributed by atoms with Crippen LogP contribution in [0.1, 0.15) is 17.8 Å². The van der Waals surface area contributed by atoms with Crippen LogP contribution in [0.15, 0.2) is 48.5 Å². The number of imidazole rings is 1. The van der Waals surface area contributed by atoms with E-state index < -0.39 is 0 Å². The first-order valence-corrected chi connectivity index (χ1v) is 7.70. The van der Waals surface area contributed by atoms with Crippen LogP contribution in [0.25, 0.3) is 11.0 Å². The SMILES string of the molecule is Fc1ccc2nc3n(c2c1)CCCN(Cc1ccccc1)C3. The van der Waals surface area contributed by atoms with Gasteiger partial charge in [-0.1, -0.05) is 30.3 Å². The Hall–Kier alpha value is -2.20. The highest BCUT2D eigenvalue weighted by Gasteiger charge is 2.18. The molecule has 3 aromatic rings. The minimum atomic E-state index is -0.194. The molecule has 0 saturated heterocycles. The Morgan fingerprint density at radius 3 is 2.77 bits per heavy atom. The summed E-state index contributed by atoms with van der Waals surface area (Å²) in [5, 5.41) is 0. The van der Waals surface area contributed by atoms with Gasteiger partial charge in [0.05, 0.1) is 17.6 Å². The molecule has 0 aliphatic carbocycles. The molecular formula is C18H18FN3. The monoisotopic (exact) mass is 295 g/mol. The average molecular weight is 295 g/mol. The minimum absolute atomic E-state index is 0.194. The van der Waals surface area contributed by atoms with Crippen molar-refractivity contribution in [3.63, 3.8) is 0 Å². The highest BCUT2D eigenvalue weighted by atomic mass is 19.1. The molecule has 0 spiro atoms. The summed E-state index contributed by atoms with van der Waals surface area (Å²) in [5.74, 6) is 0.842. The minimum Gasteiger partial charge on any atom is -0.327 e. The number of halogens is 1. The first-order valence-electron chi connectivity index (χ1n) is 7.70. The van der Waals surface area contributed by atoms with Crippen molar-refractivity contribution in [2.24, 2.45) is 0 Å². The van der Waals surface area contributed by atoms with Crippen LogP contribution in [-0.4, -0.2) is 21.0 Å². The molecule has 0 radical (unpaired) electrons. The first-order chi connectivity index (χ1) is 10.8. The Morgan fingerprint density at radius 1 is 1.05 bits per heavy atom. The zero-order chi connectivity index (χ0) is 14.9. The van der Waals surface area contributed by atoms with Crippen LogP contribution in [0, 0.1) is 5.82 Å². The summed E-state index contributed by atoms with van der Waals surface area (Å²) in [7, 11) is 0. The van der Waals surface area contributed by atoms with Gasteiger partial charge in [-0.05, 0) is 30.2 Å². The molecule has 0 atom stereocenters. The van der Waals surface area contributed by atoms with E-state index in [1.807, 2.05) is 6.07 Å². The molecule has 0 bridgehead atoms. The first kappa shape index (κ1) is 13.5. The van der Waals surface area contributed by atoms with Crippen LogP contribution >= 0.6 is 0 Å². The maximum atomic E-state index is 13.5. The van der Waals surface area contributed by atoms with E-state index in [9.17, 15) is 4.39 Å². The summed E-state index contributed by atoms with van der Waals surface area (Å²) in [6.07, 6.45) is 1.06. The standard InChI is InChI=1S/C18H18FN3/c19-15-7-8-16-17(11-15)22-10-4-9-21(13-18(22)20-16)12-14-5-2-1-3-6-14/h1-3,5-8,11H,4,9-10,12-13H2. The van der Waals surface area contributed by atoms with Crippen LogP contribution < -0.4 is 0 Å². The molecule has 1 aliphatic heterocycles. The van der Waals surface area contributed by atoms with Crippen LogP contribution in [0.5, 0.6) is 0 Å². The van der Waals surface area contributed by atoms with Crippen LogP contribution in [0.4, 0.5) is 4.39 Å². The van der Waals surface area contributed by atoms with Crippen molar-refractivity contribution in [2.45, 2.75) is 26.1 Å². The molecule has 22 heavy (non-hydrogen) atoms. The van der Waals surface area contributed by atoms with Crippen LogP contribution in [0.3, 0.4) is 0 Å². The highest BCUT2D eigenvalue weighted by Crippen LogP contribution is 2.22. The predicted molar refractivity (Wildman–Crippen MR) is 84.9 cm³/mol. The summed E-state index contributed by atoms with van der Waals surface area (Å²) in [6, 6.07) is 15.4. The molecule has 112 valence electrons. The Morgan fingerprint density at radius 2 is 1.91 bits per heavy atom. The lowest BCUT2D eigenvalue weighted by Crippen LogP contribution is -2.23. The van der Waals surface area contributed by atoms with E-state index in [4.69, 9.17) is 4.98 Å². The molecule has 0 saturated carbocycles. The summed E-state index contributed by atoms with van der Waals surface area (Å²) in [6.45, 7) is 3.68. The maximum absolute atomic E-state index is 13.5. The third-order valence-corrected chi connectivity index (χ3v) is 4.26. The fraction of sp³-hybridized carbons (Fsp3) is 0.278. The van der Waals surface area contributed by atoms with Gasteiger partial charge in [0.2, 0.25) is 0 Å². The van der Waals surface area contributed by atoms with Crippen molar-refractivity contribution in [3.8, 4) is 0 Å². The van der Waals surface area contributed by atoms with Gasteiger partial charge in [0.15, 0.2) is 0 Å². The molecule has 0 N–H and O–H groups in total. The van der Waals surface area contributed by atoms with E-state index in [2.05, 4.69) is 33.7 Å². The predicted octanol–water partition coefficient (Wildman–Crippen LogP) is 3.58. The average Bonchev–Trinajstić information content (AvgIpc) is 2.73. The Balaban J connectivity index is 1.64. The lowest BCUT2D eigenvalue weighted by molar-refractivity contribution is 0.258. The van der Waals surface area contributed by atoms with Gasteiger partial charge in [0.1, 0.15) is 11.6 Å². The summed E-state index contributed by atoms with van der Waals surface area (Å²) < 4.78 is 15.7. The van der Waals surface area contributed by atoms with Gasteiger partial charge < -0.3 is 4.57 Å². The number of hydrogen-bond acceptors (Lipinski definition) is 2. The van der Waals surface area contributed by atoms with E-state index in [0.29, 0.717) is 0 Å². The molecule has 0 amide bonds. The lowest BCUT2D eigenvalue weighted by Gasteiger charge is -2.19. The fourth-order valence-corrected chi connectivity index (χ4v) is 3.22. The van der Waals surface area contributed by atoms with Crippen molar-refractivity contribution < 1.29 is 4.39 Å². The molecule has 0 unspecified atom stereocenters. The van der Waals surface area contributed by atoms with E-state index in [1.165, 1.54) is 11.6 Å². The zero-order valence-electron chi connectivity index (χ0n) is 12.4. The molecule has 1 aromatic heterocycles. The number of aromatic nitrogens is 2. The van der Waals surface area contributed by atoms with E-state index >= 15 is 0 Å². The van der Waals surface area contributed by atoms with E-state index in [-0.39, 0.29) is 5.82 Å².